The summed E-state index contributed by atoms with van der Waals surface area (Å²) in [5.74, 6) is 0.938. The molecule has 0 aromatic heterocycles. The quantitative estimate of drug-likeness (QED) is 0.399. The maximum atomic E-state index is 10.8. The van der Waals surface area contributed by atoms with Gasteiger partial charge in [0.15, 0.2) is 0 Å². The summed E-state index contributed by atoms with van der Waals surface area (Å²) >= 11 is 15.1. The minimum Gasteiger partial charge on any atom is -0.455 e. The van der Waals surface area contributed by atoms with Crippen molar-refractivity contribution in [1.29, 1.82) is 0 Å². The largest absolute Gasteiger partial charge is 0.455 e. The van der Waals surface area contributed by atoms with Gasteiger partial charge in [-0.15, -0.1) is 11.6 Å². The van der Waals surface area contributed by atoms with Crippen LogP contribution in [0.2, 0.25) is 5.02 Å². The third kappa shape index (κ3) is 3.42. The minimum absolute atomic E-state index is 0.0751. The number of para-hydroxylation sites is 1. The smallest absolute Gasteiger partial charge is 0.274 e. The predicted molar refractivity (Wildman–Crippen MR) is 81.9 cm³/mol. The molecule has 2 aromatic carbocycles. The second-order valence-electron chi connectivity index (χ2n) is 3.87. The standard InChI is InChI=1S/C13H8BrCl2NO3/c14-9-4-10(17(18)19)6-11(5-9)20-13-8(7-15)2-1-3-12(13)16/h1-6H,7H2. The van der Waals surface area contributed by atoms with E-state index in [0.717, 1.165) is 0 Å². The van der Waals surface area contributed by atoms with Crippen molar-refractivity contribution in [2.45, 2.75) is 5.88 Å². The second kappa shape index (κ2) is 6.43. The maximum Gasteiger partial charge on any atom is 0.274 e. The van der Waals surface area contributed by atoms with Crippen molar-refractivity contribution in [3.8, 4) is 11.5 Å². The van der Waals surface area contributed by atoms with E-state index in [1.165, 1.54) is 12.1 Å². The van der Waals surface area contributed by atoms with Crippen LogP contribution >= 0.6 is 39.1 Å². The highest BCUT2D eigenvalue weighted by Gasteiger charge is 2.13. The summed E-state index contributed by atoms with van der Waals surface area (Å²) in [6.45, 7) is 0. The zero-order valence-corrected chi connectivity index (χ0v) is 13.1. The lowest BCUT2D eigenvalue weighted by atomic mass is 10.2. The van der Waals surface area contributed by atoms with Gasteiger partial charge in [0.2, 0.25) is 0 Å². The number of benzene rings is 2. The SMILES string of the molecule is O=[N+]([O-])c1cc(Br)cc(Oc2c(Cl)cccc2CCl)c1. The fourth-order valence-electron chi connectivity index (χ4n) is 1.60. The maximum absolute atomic E-state index is 10.8. The molecule has 0 unspecified atom stereocenters. The molecule has 2 rings (SSSR count). The first kappa shape index (κ1) is 15.1. The Hall–Kier alpha value is -1.30. The topological polar surface area (TPSA) is 52.4 Å². The molecule has 0 amide bonds. The van der Waals surface area contributed by atoms with Crippen LogP contribution in [0.4, 0.5) is 5.69 Å². The Bertz CT molecular complexity index is 664. The third-order valence-corrected chi connectivity index (χ3v) is 3.52. The molecule has 4 nitrogen and oxygen atoms in total. The van der Waals surface area contributed by atoms with Crippen LogP contribution in [0.1, 0.15) is 5.56 Å². The number of nitrogens with zero attached hydrogens (tertiary/aromatic N) is 1. The summed E-state index contributed by atoms with van der Waals surface area (Å²) in [4.78, 5) is 10.3. The summed E-state index contributed by atoms with van der Waals surface area (Å²) in [6.07, 6.45) is 0. The Labute approximate surface area is 133 Å². The van der Waals surface area contributed by atoms with Gasteiger partial charge in [-0.25, -0.2) is 0 Å². The molecule has 0 aliphatic carbocycles. The van der Waals surface area contributed by atoms with E-state index in [1.54, 1.807) is 24.3 Å². The van der Waals surface area contributed by atoms with Crippen molar-refractivity contribution in [3.63, 3.8) is 0 Å². The lowest BCUT2D eigenvalue weighted by Crippen LogP contribution is -1.93. The molecule has 0 atom stereocenters. The van der Waals surface area contributed by atoms with Gasteiger partial charge in [-0.05, 0) is 12.1 Å². The van der Waals surface area contributed by atoms with Crippen molar-refractivity contribution < 1.29 is 9.66 Å². The van der Waals surface area contributed by atoms with Crippen molar-refractivity contribution >= 4 is 44.8 Å². The van der Waals surface area contributed by atoms with Crippen LogP contribution in [-0.4, -0.2) is 4.92 Å². The Morgan fingerprint density at radius 3 is 2.70 bits per heavy atom. The average molecular weight is 377 g/mol. The highest BCUT2D eigenvalue weighted by molar-refractivity contribution is 9.10. The van der Waals surface area contributed by atoms with Crippen molar-refractivity contribution in [3.05, 3.63) is 61.6 Å². The van der Waals surface area contributed by atoms with E-state index in [-0.39, 0.29) is 11.6 Å². The number of nitro benzene ring substituents is 1. The van der Waals surface area contributed by atoms with Crippen LogP contribution in [0, 0.1) is 10.1 Å². The molecule has 7 heteroatoms. The summed E-state index contributed by atoms with van der Waals surface area (Å²) in [7, 11) is 0. The molecule has 0 aliphatic rings. The second-order valence-corrected chi connectivity index (χ2v) is 5.46. The van der Waals surface area contributed by atoms with Gasteiger partial charge >= 0.3 is 0 Å². The molecule has 0 aliphatic heterocycles. The highest BCUT2D eigenvalue weighted by Crippen LogP contribution is 2.36. The fraction of sp³-hybridized carbons (Fsp3) is 0.0769. The fourth-order valence-corrected chi connectivity index (χ4v) is 2.51. The molecule has 0 saturated heterocycles. The molecule has 0 radical (unpaired) electrons. The number of non-ortho nitro benzene ring substituents is 1. The monoisotopic (exact) mass is 375 g/mol. The number of alkyl halides is 1. The zero-order valence-electron chi connectivity index (χ0n) is 9.98. The van der Waals surface area contributed by atoms with Crippen LogP contribution in [0.25, 0.3) is 0 Å². The Balaban J connectivity index is 2.42. The van der Waals surface area contributed by atoms with E-state index < -0.39 is 4.92 Å². The first-order valence-electron chi connectivity index (χ1n) is 5.47. The van der Waals surface area contributed by atoms with E-state index in [9.17, 15) is 10.1 Å². The minimum atomic E-state index is -0.493. The van der Waals surface area contributed by atoms with Gasteiger partial charge in [0.1, 0.15) is 11.5 Å². The number of hydrogen-bond acceptors (Lipinski definition) is 3. The molecule has 0 bridgehead atoms. The van der Waals surface area contributed by atoms with Crippen LogP contribution in [0.3, 0.4) is 0 Å². The molecule has 0 N–H and O–H groups in total. The molecule has 0 fully saturated rings. The Morgan fingerprint density at radius 2 is 2.05 bits per heavy atom. The summed E-state index contributed by atoms with van der Waals surface area (Å²) in [5.41, 5.74) is 0.635. The van der Waals surface area contributed by atoms with Crippen LogP contribution in [-0.2, 0) is 5.88 Å². The van der Waals surface area contributed by atoms with Crippen LogP contribution < -0.4 is 4.74 Å². The summed E-state index contributed by atoms with van der Waals surface area (Å²) in [5, 5.41) is 11.2. The molecular formula is C13H8BrCl2NO3. The van der Waals surface area contributed by atoms with Crippen LogP contribution in [0.15, 0.2) is 40.9 Å². The molecule has 2 aromatic rings. The van der Waals surface area contributed by atoms with Crippen LogP contribution in [0.5, 0.6) is 11.5 Å². The van der Waals surface area contributed by atoms with Gasteiger partial charge in [0.25, 0.3) is 5.69 Å². The normalized spacial score (nSPS) is 10.3. The molecule has 0 spiro atoms. The highest BCUT2D eigenvalue weighted by atomic mass is 79.9. The van der Waals surface area contributed by atoms with E-state index >= 15 is 0 Å². The Kier molecular flexibility index (Phi) is 4.86. The van der Waals surface area contributed by atoms with Gasteiger partial charge in [0, 0.05) is 16.1 Å². The van der Waals surface area contributed by atoms with E-state index in [4.69, 9.17) is 27.9 Å². The first-order chi connectivity index (χ1) is 9.51. The number of rotatable bonds is 4. The molecule has 0 heterocycles. The lowest BCUT2D eigenvalue weighted by Gasteiger charge is -2.11. The molecule has 20 heavy (non-hydrogen) atoms. The van der Waals surface area contributed by atoms with Gasteiger partial charge < -0.3 is 4.74 Å². The number of ether oxygens (including phenoxy) is 1. The van der Waals surface area contributed by atoms with E-state index in [0.29, 0.717) is 26.6 Å². The number of nitro groups is 1. The van der Waals surface area contributed by atoms with E-state index in [2.05, 4.69) is 15.9 Å². The van der Waals surface area contributed by atoms with E-state index in [1.807, 2.05) is 0 Å². The predicted octanol–water partition coefficient (Wildman–Crippen LogP) is 5.54. The van der Waals surface area contributed by atoms with Gasteiger partial charge in [-0.3, -0.25) is 10.1 Å². The number of hydrogen-bond donors (Lipinski definition) is 0. The van der Waals surface area contributed by atoms with Gasteiger partial charge in [0.05, 0.1) is 21.9 Å². The third-order valence-electron chi connectivity index (χ3n) is 2.48. The Morgan fingerprint density at radius 1 is 1.30 bits per heavy atom. The summed E-state index contributed by atoms with van der Waals surface area (Å²) in [6, 6.07) is 9.54. The van der Waals surface area contributed by atoms with Gasteiger partial charge in [-0.2, -0.15) is 0 Å². The molecular weight excluding hydrogens is 369 g/mol. The summed E-state index contributed by atoms with van der Waals surface area (Å²) < 4.78 is 6.19. The zero-order chi connectivity index (χ0) is 14.7. The number of halogens is 3. The van der Waals surface area contributed by atoms with Crippen molar-refractivity contribution in [1.82, 2.24) is 0 Å². The lowest BCUT2D eigenvalue weighted by molar-refractivity contribution is -0.385. The van der Waals surface area contributed by atoms with Gasteiger partial charge in [-0.1, -0.05) is 39.7 Å². The van der Waals surface area contributed by atoms with Crippen molar-refractivity contribution in [2.75, 3.05) is 0 Å². The molecule has 0 saturated carbocycles. The van der Waals surface area contributed by atoms with Crippen molar-refractivity contribution in [2.24, 2.45) is 0 Å². The average Bonchev–Trinajstić information content (AvgIpc) is 2.40. The first-order valence-corrected chi connectivity index (χ1v) is 7.18. The molecule has 104 valence electrons.